The largest absolute Gasteiger partial charge is 0.347 e. The van der Waals surface area contributed by atoms with Crippen molar-refractivity contribution in [2.24, 2.45) is 11.8 Å². The van der Waals surface area contributed by atoms with Crippen molar-refractivity contribution in [3.05, 3.63) is 0 Å². The lowest BCUT2D eigenvalue weighted by atomic mass is 10.0. The number of hydrogen-bond donors (Lipinski definition) is 1. The van der Waals surface area contributed by atoms with Crippen molar-refractivity contribution < 1.29 is 4.79 Å². The third-order valence-electron chi connectivity index (χ3n) is 2.86. The smallest absolute Gasteiger partial charge is 0.239 e. The zero-order valence-electron chi connectivity index (χ0n) is 11.7. The van der Waals surface area contributed by atoms with Gasteiger partial charge in [0.15, 0.2) is 0 Å². The van der Waals surface area contributed by atoms with Crippen LogP contribution in [0.25, 0.3) is 0 Å². The summed E-state index contributed by atoms with van der Waals surface area (Å²) in [5.41, 5.74) is 0. The summed E-state index contributed by atoms with van der Waals surface area (Å²) in [6.45, 7) is 9.62. The Hall–Kier alpha value is -0.570. The van der Waals surface area contributed by atoms with Gasteiger partial charge in [0.25, 0.3) is 0 Å². The highest BCUT2D eigenvalue weighted by molar-refractivity contribution is 5.81. The molecule has 0 bridgehead atoms. The summed E-state index contributed by atoms with van der Waals surface area (Å²) in [6.07, 6.45) is 2.06. The van der Waals surface area contributed by atoms with E-state index in [1.54, 1.807) is 4.90 Å². The highest BCUT2D eigenvalue weighted by Gasteiger charge is 2.20. The lowest BCUT2D eigenvalue weighted by Gasteiger charge is -2.24. The quantitative estimate of drug-likeness (QED) is 0.724. The van der Waals surface area contributed by atoms with Gasteiger partial charge in [0.1, 0.15) is 0 Å². The fraction of sp³-hybridized carbons (Fsp3) is 0.923. The number of rotatable bonds is 7. The number of likely N-dealkylation sites (N-methyl/N-ethyl adjacent to an activating group) is 1. The van der Waals surface area contributed by atoms with Crippen molar-refractivity contribution >= 4 is 5.91 Å². The zero-order valence-corrected chi connectivity index (χ0v) is 11.7. The Kier molecular flexibility index (Phi) is 7.39. The molecular formula is C13H28N2O. The number of hydrogen-bond acceptors (Lipinski definition) is 2. The Balaban J connectivity index is 4.26. The number of amides is 1. The van der Waals surface area contributed by atoms with Gasteiger partial charge >= 0.3 is 0 Å². The summed E-state index contributed by atoms with van der Waals surface area (Å²) in [5.74, 6) is 1.36. The predicted molar refractivity (Wildman–Crippen MR) is 69.4 cm³/mol. The number of nitrogens with one attached hydrogen (secondary N) is 1. The fourth-order valence-corrected chi connectivity index (χ4v) is 1.54. The molecule has 0 aromatic rings. The van der Waals surface area contributed by atoms with E-state index in [9.17, 15) is 4.79 Å². The molecule has 1 amide bonds. The molecule has 0 aliphatic heterocycles. The maximum atomic E-state index is 11.9. The van der Waals surface area contributed by atoms with Gasteiger partial charge in [-0.15, -0.1) is 0 Å². The van der Waals surface area contributed by atoms with Gasteiger partial charge < -0.3 is 10.2 Å². The van der Waals surface area contributed by atoms with E-state index in [-0.39, 0.29) is 11.9 Å². The number of carbonyl (C=O) groups excluding carboxylic acids is 1. The van der Waals surface area contributed by atoms with Crippen molar-refractivity contribution in [2.45, 2.75) is 46.6 Å². The Morgan fingerprint density at radius 1 is 1.25 bits per heavy atom. The molecule has 1 N–H and O–H groups in total. The molecule has 2 atom stereocenters. The highest BCUT2D eigenvalue weighted by Crippen LogP contribution is 2.08. The predicted octanol–water partition coefficient (Wildman–Crippen LogP) is 2.12. The lowest BCUT2D eigenvalue weighted by molar-refractivity contribution is -0.131. The second-order valence-corrected chi connectivity index (χ2v) is 5.34. The Morgan fingerprint density at radius 2 is 1.81 bits per heavy atom. The molecule has 0 saturated carbocycles. The van der Waals surface area contributed by atoms with Crippen LogP contribution in [0.15, 0.2) is 0 Å². The average molecular weight is 228 g/mol. The van der Waals surface area contributed by atoms with E-state index in [0.29, 0.717) is 11.8 Å². The van der Waals surface area contributed by atoms with Crippen LogP contribution in [0.4, 0.5) is 0 Å². The molecule has 2 unspecified atom stereocenters. The third kappa shape index (κ3) is 6.11. The van der Waals surface area contributed by atoms with Gasteiger partial charge in [-0.05, 0) is 24.8 Å². The minimum atomic E-state index is -0.0241. The molecule has 0 aromatic heterocycles. The van der Waals surface area contributed by atoms with Crippen LogP contribution in [0, 0.1) is 11.8 Å². The van der Waals surface area contributed by atoms with Crippen LogP contribution >= 0.6 is 0 Å². The minimum Gasteiger partial charge on any atom is -0.347 e. The summed E-state index contributed by atoms with van der Waals surface area (Å²) >= 11 is 0. The van der Waals surface area contributed by atoms with Gasteiger partial charge in [-0.3, -0.25) is 4.79 Å². The lowest BCUT2D eigenvalue weighted by Crippen LogP contribution is -2.45. The third-order valence-corrected chi connectivity index (χ3v) is 2.86. The van der Waals surface area contributed by atoms with Crippen LogP contribution in [0.5, 0.6) is 0 Å². The van der Waals surface area contributed by atoms with Crippen molar-refractivity contribution in [1.82, 2.24) is 10.2 Å². The zero-order chi connectivity index (χ0) is 12.7. The SMILES string of the molecule is CCC(C)CNC(CC(C)C)C(=O)N(C)C. The summed E-state index contributed by atoms with van der Waals surface area (Å²) in [6, 6.07) is -0.0241. The molecule has 0 fully saturated rings. The van der Waals surface area contributed by atoms with E-state index in [0.717, 1.165) is 19.4 Å². The molecule has 96 valence electrons. The molecular weight excluding hydrogens is 200 g/mol. The van der Waals surface area contributed by atoms with Crippen molar-refractivity contribution in [2.75, 3.05) is 20.6 Å². The molecule has 0 heterocycles. The second kappa shape index (κ2) is 7.66. The van der Waals surface area contributed by atoms with E-state index >= 15 is 0 Å². The second-order valence-electron chi connectivity index (χ2n) is 5.34. The Morgan fingerprint density at radius 3 is 2.19 bits per heavy atom. The van der Waals surface area contributed by atoms with E-state index in [1.807, 2.05) is 14.1 Å². The van der Waals surface area contributed by atoms with Gasteiger partial charge in [-0.2, -0.15) is 0 Å². The van der Waals surface area contributed by atoms with E-state index in [4.69, 9.17) is 0 Å². The molecule has 3 heteroatoms. The maximum Gasteiger partial charge on any atom is 0.239 e. The first-order valence-electron chi connectivity index (χ1n) is 6.33. The summed E-state index contributed by atoms with van der Waals surface area (Å²) < 4.78 is 0. The Labute approximate surface area is 101 Å². The standard InChI is InChI=1S/C13H28N2O/c1-7-11(4)9-14-12(8-10(2)3)13(16)15(5)6/h10-12,14H,7-9H2,1-6H3. The molecule has 0 saturated heterocycles. The number of nitrogens with zero attached hydrogens (tertiary/aromatic N) is 1. The monoisotopic (exact) mass is 228 g/mol. The molecule has 0 radical (unpaired) electrons. The first kappa shape index (κ1) is 15.4. The van der Waals surface area contributed by atoms with Gasteiger partial charge in [-0.25, -0.2) is 0 Å². The summed E-state index contributed by atoms with van der Waals surface area (Å²) in [7, 11) is 3.64. The summed E-state index contributed by atoms with van der Waals surface area (Å²) in [4.78, 5) is 13.6. The molecule has 0 rings (SSSR count). The van der Waals surface area contributed by atoms with Crippen molar-refractivity contribution in [3.63, 3.8) is 0 Å². The van der Waals surface area contributed by atoms with E-state index in [1.165, 1.54) is 0 Å². The molecule has 16 heavy (non-hydrogen) atoms. The molecule has 0 aliphatic carbocycles. The van der Waals surface area contributed by atoms with Crippen LogP contribution < -0.4 is 5.32 Å². The van der Waals surface area contributed by atoms with E-state index in [2.05, 4.69) is 33.0 Å². The van der Waals surface area contributed by atoms with Crippen LogP contribution in [-0.2, 0) is 4.79 Å². The Bertz CT molecular complexity index is 202. The normalized spacial score (nSPS) is 14.9. The van der Waals surface area contributed by atoms with Gasteiger partial charge in [0.05, 0.1) is 6.04 Å². The van der Waals surface area contributed by atoms with Crippen molar-refractivity contribution in [1.29, 1.82) is 0 Å². The van der Waals surface area contributed by atoms with Crippen LogP contribution in [-0.4, -0.2) is 37.5 Å². The van der Waals surface area contributed by atoms with Crippen LogP contribution in [0.1, 0.15) is 40.5 Å². The molecule has 0 aromatic carbocycles. The highest BCUT2D eigenvalue weighted by atomic mass is 16.2. The number of carbonyl (C=O) groups is 1. The maximum absolute atomic E-state index is 11.9. The van der Waals surface area contributed by atoms with Gasteiger partial charge in [0, 0.05) is 14.1 Å². The minimum absolute atomic E-state index is 0.0241. The van der Waals surface area contributed by atoms with Crippen LogP contribution in [0.2, 0.25) is 0 Å². The van der Waals surface area contributed by atoms with Crippen LogP contribution in [0.3, 0.4) is 0 Å². The van der Waals surface area contributed by atoms with Crippen molar-refractivity contribution in [3.8, 4) is 0 Å². The first-order valence-corrected chi connectivity index (χ1v) is 6.33. The van der Waals surface area contributed by atoms with Gasteiger partial charge in [0.2, 0.25) is 5.91 Å². The first-order chi connectivity index (χ1) is 7.38. The topological polar surface area (TPSA) is 32.3 Å². The van der Waals surface area contributed by atoms with E-state index < -0.39 is 0 Å². The fourth-order valence-electron chi connectivity index (χ4n) is 1.54. The average Bonchev–Trinajstić information content (AvgIpc) is 2.21. The molecule has 3 nitrogen and oxygen atoms in total. The van der Waals surface area contributed by atoms with Gasteiger partial charge in [-0.1, -0.05) is 34.1 Å². The summed E-state index contributed by atoms with van der Waals surface area (Å²) in [5, 5.41) is 3.39. The molecule has 0 aliphatic rings. The molecule has 0 spiro atoms.